The zero-order valence-corrected chi connectivity index (χ0v) is 9.41. The van der Waals surface area contributed by atoms with E-state index >= 15 is 0 Å². The molecule has 2 rings (SSSR count). The van der Waals surface area contributed by atoms with Crippen molar-refractivity contribution in [2.24, 2.45) is 5.73 Å². The van der Waals surface area contributed by atoms with Crippen molar-refractivity contribution in [3.8, 4) is 0 Å². The highest BCUT2D eigenvalue weighted by Crippen LogP contribution is 2.42. The van der Waals surface area contributed by atoms with Crippen LogP contribution in [0.1, 0.15) is 35.2 Å². The second kappa shape index (κ2) is 3.91. The molecule has 0 fully saturated rings. The van der Waals surface area contributed by atoms with Crippen molar-refractivity contribution in [2.45, 2.75) is 31.7 Å². The number of amides is 1. The third-order valence-electron chi connectivity index (χ3n) is 2.67. The van der Waals surface area contributed by atoms with Gasteiger partial charge >= 0.3 is 6.18 Å². The molecule has 0 spiro atoms. The summed E-state index contributed by atoms with van der Waals surface area (Å²) in [7, 11) is 0. The molecule has 1 aliphatic heterocycles. The van der Waals surface area contributed by atoms with Gasteiger partial charge in [0.2, 0.25) is 5.82 Å². The zero-order valence-electron chi connectivity index (χ0n) is 9.41. The predicted molar refractivity (Wildman–Crippen MR) is 53.4 cm³/mol. The second-order valence-corrected chi connectivity index (χ2v) is 4.24. The van der Waals surface area contributed by atoms with E-state index in [1.54, 1.807) is 0 Å². The van der Waals surface area contributed by atoms with E-state index in [2.05, 4.69) is 9.97 Å². The van der Waals surface area contributed by atoms with Crippen LogP contribution in [-0.4, -0.2) is 22.1 Å². The lowest BCUT2D eigenvalue weighted by molar-refractivity contribution is -0.185. The van der Waals surface area contributed by atoms with Crippen LogP contribution in [0.5, 0.6) is 0 Å². The summed E-state index contributed by atoms with van der Waals surface area (Å²) < 4.78 is 42.6. The molecule has 0 bridgehead atoms. The van der Waals surface area contributed by atoms with Gasteiger partial charge < -0.3 is 10.5 Å². The number of alkyl halides is 3. The van der Waals surface area contributed by atoms with Crippen molar-refractivity contribution in [3.63, 3.8) is 0 Å². The van der Waals surface area contributed by atoms with Crippen LogP contribution in [-0.2, 0) is 16.9 Å². The Bertz CT molecular complexity index is 504. The van der Waals surface area contributed by atoms with Crippen LogP contribution in [0.25, 0.3) is 0 Å². The van der Waals surface area contributed by atoms with Gasteiger partial charge in [-0.3, -0.25) is 4.79 Å². The molecule has 8 heteroatoms. The Balaban J connectivity index is 2.42. The van der Waals surface area contributed by atoms with Gasteiger partial charge in [0.25, 0.3) is 5.91 Å². The first-order valence-electron chi connectivity index (χ1n) is 5.08. The van der Waals surface area contributed by atoms with Crippen LogP contribution in [0.2, 0.25) is 0 Å². The predicted octanol–water partition coefficient (Wildman–Crippen LogP) is 1.27. The first kappa shape index (κ1) is 12.7. The Kier molecular flexibility index (Phi) is 2.77. The van der Waals surface area contributed by atoms with Crippen molar-refractivity contribution in [1.82, 2.24) is 9.97 Å². The van der Waals surface area contributed by atoms with E-state index in [0.29, 0.717) is 5.56 Å². The smallest absolute Gasteiger partial charge is 0.364 e. The molecule has 1 atom stereocenters. The number of rotatable bonds is 2. The van der Waals surface area contributed by atoms with Crippen LogP contribution in [0.4, 0.5) is 13.2 Å². The van der Waals surface area contributed by atoms with Gasteiger partial charge in [-0.2, -0.15) is 13.2 Å². The maximum absolute atomic E-state index is 12.5. The van der Waals surface area contributed by atoms with E-state index in [9.17, 15) is 18.0 Å². The van der Waals surface area contributed by atoms with E-state index in [1.165, 1.54) is 13.1 Å². The minimum absolute atomic E-state index is 0.0129. The van der Waals surface area contributed by atoms with Crippen molar-refractivity contribution in [2.75, 3.05) is 0 Å². The molecule has 0 aromatic carbocycles. The third-order valence-corrected chi connectivity index (χ3v) is 2.67. The van der Waals surface area contributed by atoms with Gasteiger partial charge in [0.1, 0.15) is 5.60 Å². The molecule has 18 heavy (non-hydrogen) atoms. The summed E-state index contributed by atoms with van der Waals surface area (Å²) in [4.78, 5) is 18.4. The average molecular weight is 261 g/mol. The maximum atomic E-state index is 12.5. The molecule has 2 heterocycles. The highest BCUT2D eigenvalue weighted by atomic mass is 19.4. The summed E-state index contributed by atoms with van der Waals surface area (Å²) in [5, 5.41) is 0. The molecule has 0 radical (unpaired) electrons. The molecule has 1 aliphatic rings. The summed E-state index contributed by atoms with van der Waals surface area (Å²) in [6.07, 6.45) is -4.31. The van der Waals surface area contributed by atoms with Crippen LogP contribution in [0.3, 0.4) is 0 Å². The summed E-state index contributed by atoms with van der Waals surface area (Å²) in [6, 6.07) is 0. The largest absolute Gasteiger partial charge is 0.392 e. The van der Waals surface area contributed by atoms with Crippen LogP contribution >= 0.6 is 0 Å². The summed E-state index contributed by atoms with van der Waals surface area (Å²) in [6.45, 7) is 1.27. The molecule has 5 nitrogen and oxygen atoms in total. The summed E-state index contributed by atoms with van der Waals surface area (Å²) >= 11 is 0. The Morgan fingerprint density at radius 1 is 1.61 bits per heavy atom. The fraction of sp³-hybridized carbons (Fsp3) is 0.500. The van der Waals surface area contributed by atoms with Crippen molar-refractivity contribution in [3.05, 3.63) is 23.3 Å². The number of nitrogens with two attached hydrogens (primary N) is 1. The normalized spacial score (nSPS) is 22.9. The molecule has 0 aliphatic carbocycles. The number of carbonyl (C=O) groups excluding carboxylic acids is 1. The van der Waals surface area contributed by atoms with Crippen molar-refractivity contribution in [1.29, 1.82) is 0 Å². The number of ether oxygens (including phenoxy) is 1. The number of aromatic nitrogens is 2. The molecule has 1 aromatic heterocycles. The monoisotopic (exact) mass is 261 g/mol. The van der Waals surface area contributed by atoms with Crippen molar-refractivity contribution >= 4 is 5.91 Å². The summed E-state index contributed by atoms with van der Waals surface area (Å²) in [5.74, 6) is -1.20. The van der Waals surface area contributed by atoms with Gasteiger partial charge in [-0.25, -0.2) is 9.97 Å². The van der Waals surface area contributed by atoms with Crippen LogP contribution in [0.15, 0.2) is 6.20 Å². The Morgan fingerprint density at radius 3 is 2.83 bits per heavy atom. The zero-order chi connectivity index (χ0) is 13.6. The van der Waals surface area contributed by atoms with E-state index in [-0.39, 0.29) is 18.1 Å². The highest BCUT2D eigenvalue weighted by Gasteiger charge is 2.46. The number of nitrogens with zero attached hydrogens (tertiary/aromatic N) is 2. The van der Waals surface area contributed by atoms with E-state index < -0.39 is 24.1 Å². The number of hydrogen-bond donors (Lipinski definition) is 1. The number of fused-ring (bicyclic) bond motifs is 1. The quantitative estimate of drug-likeness (QED) is 0.869. The highest BCUT2D eigenvalue weighted by molar-refractivity contribution is 5.88. The van der Waals surface area contributed by atoms with Gasteiger partial charge in [0.05, 0.1) is 18.7 Å². The lowest BCUT2D eigenvalue weighted by Crippen LogP contribution is -2.30. The molecular weight excluding hydrogens is 251 g/mol. The molecule has 98 valence electrons. The molecule has 1 amide bonds. The van der Waals surface area contributed by atoms with E-state index in [1.807, 2.05) is 0 Å². The van der Waals surface area contributed by atoms with Gasteiger partial charge in [0.15, 0.2) is 0 Å². The third kappa shape index (κ3) is 2.28. The number of primary amides is 1. The topological polar surface area (TPSA) is 78.1 Å². The first-order valence-corrected chi connectivity index (χ1v) is 5.08. The van der Waals surface area contributed by atoms with Gasteiger partial charge in [-0.15, -0.1) is 0 Å². The minimum atomic E-state index is -4.39. The lowest BCUT2D eigenvalue weighted by atomic mass is 9.96. The Labute approximate surface area is 100 Å². The van der Waals surface area contributed by atoms with Gasteiger partial charge in [0, 0.05) is 11.8 Å². The number of hydrogen-bond acceptors (Lipinski definition) is 4. The fourth-order valence-corrected chi connectivity index (χ4v) is 1.91. The maximum Gasteiger partial charge on any atom is 0.392 e. The molecule has 1 unspecified atom stereocenters. The standard InChI is InChI=1S/C10H10F3N3O2/c1-9(4-10(11,12)13)6-5(3-18-9)2-15-8(16-6)7(14)17/h2H,3-4H2,1H3,(H2,14,17). The molecule has 0 saturated carbocycles. The van der Waals surface area contributed by atoms with Gasteiger partial charge in [-0.05, 0) is 6.92 Å². The minimum Gasteiger partial charge on any atom is -0.364 e. The molecule has 0 saturated heterocycles. The Hall–Kier alpha value is -1.70. The number of carbonyl (C=O) groups is 1. The average Bonchev–Trinajstić information content (AvgIpc) is 2.53. The fourth-order valence-electron chi connectivity index (χ4n) is 1.91. The van der Waals surface area contributed by atoms with Crippen LogP contribution < -0.4 is 5.73 Å². The summed E-state index contributed by atoms with van der Waals surface area (Å²) in [5.41, 5.74) is 3.91. The van der Waals surface area contributed by atoms with Crippen molar-refractivity contribution < 1.29 is 22.7 Å². The second-order valence-electron chi connectivity index (χ2n) is 4.24. The van der Waals surface area contributed by atoms with Gasteiger partial charge in [-0.1, -0.05) is 0 Å². The lowest BCUT2D eigenvalue weighted by Gasteiger charge is -2.24. The Morgan fingerprint density at radius 2 is 2.28 bits per heavy atom. The molecular formula is C10H10F3N3O2. The number of halogens is 3. The molecule has 1 aromatic rings. The van der Waals surface area contributed by atoms with E-state index in [4.69, 9.17) is 10.5 Å². The van der Waals surface area contributed by atoms with Crippen LogP contribution in [0, 0.1) is 0 Å². The SMILES string of the molecule is CC1(CC(F)(F)F)OCc2cnc(C(N)=O)nc21. The first-order chi connectivity index (χ1) is 8.21. The molecule has 2 N–H and O–H groups in total. The van der Waals surface area contributed by atoms with E-state index in [0.717, 1.165) is 0 Å².